The molecule has 0 aliphatic carbocycles. The normalized spacial score (nSPS) is 16.7. The SMILES string of the molecule is C=C/C(C)=C(Cl)\C=C/CCc1ccc(N2CCNCC2)cc1. The molecule has 0 radical (unpaired) electrons. The van der Waals surface area contributed by atoms with E-state index in [1.54, 1.807) is 6.08 Å². The monoisotopic (exact) mass is 316 g/mol. The van der Waals surface area contributed by atoms with Crippen molar-refractivity contribution in [3.8, 4) is 0 Å². The van der Waals surface area contributed by atoms with Crippen molar-refractivity contribution in [2.45, 2.75) is 19.8 Å². The molecule has 0 unspecified atom stereocenters. The van der Waals surface area contributed by atoms with Crippen LogP contribution in [0.1, 0.15) is 18.9 Å². The van der Waals surface area contributed by atoms with Gasteiger partial charge in [-0.2, -0.15) is 0 Å². The van der Waals surface area contributed by atoms with Gasteiger partial charge >= 0.3 is 0 Å². The highest BCUT2D eigenvalue weighted by atomic mass is 35.5. The van der Waals surface area contributed by atoms with E-state index in [4.69, 9.17) is 11.6 Å². The lowest BCUT2D eigenvalue weighted by atomic mass is 10.1. The molecule has 0 saturated carbocycles. The lowest BCUT2D eigenvalue weighted by Gasteiger charge is -2.29. The molecule has 1 aliphatic rings. The average Bonchev–Trinajstić information content (AvgIpc) is 2.59. The van der Waals surface area contributed by atoms with E-state index in [2.05, 4.69) is 47.1 Å². The minimum absolute atomic E-state index is 0.768. The van der Waals surface area contributed by atoms with Crippen molar-refractivity contribution in [3.63, 3.8) is 0 Å². The zero-order valence-corrected chi connectivity index (χ0v) is 14.1. The fourth-order valence-electron chi connectivity index (χ4n) is 2.46. The molecule has 0 aromatic heterocycles. The Hall–Kier alpha value is -1.51. The maximum atomic E-state index is 6.13. The summed E-state index contributed by atoms with van der Waals surface area (Å²) in [5.74, 6) is 0. The van der Waals surface area contributed by atoms with Crippen LogP contribution in [-0.4, -0.2) is 26.2 Å². The first-order chi connectivity index (χ1) is 10.7. The molecular formula is C19H25ClN2. The summed E-state index contributed by atoms with van der Waals surface area (Å²) in [5, 5.41) is 4.15. The molecule has 22 heavy (non-hydrogen) atoms. The summed E-state index contributed by atoms with van der Waals surface area (Å²) in [6, 6.07) is 8.94. The second kappa shape index (κ2) is 8.82. The number of aryl methyl sites for hydroxylation is 1. The molecule has 1 fully saturated rings. The number of hydrogen-bond donors (Lipinski definition) is 1. The van der Waals surface area contributed by atoms with Gasteiger partial charge in [-0.1, -0.05) is 42.5 Å². The van der Waals surface area contributed by atoms with E-state index in [1.807, 2.05) is 13.0 Å². The van der Waals surface area contributed by atoms with Crippen LogP contribution in [0.5, 0.6) is 0 Å². The zero-order chi connectivity index (χ0) is 15.8. The van der Waals surface area contributed by atoms with Crippen molar-refractivity contribution in [1.29, 1.82) is 0 Å². The van der Waals surface area contributed by atoms with E-state index < -0.39 is 0 Å². The Morgan fingerprint density at radius 1 is 1.27 bits per heavy atom. The molecule has 118 valence electrons. The molecular weight excluding hydrogens is 292 g/mol. The molecule has 0 spiro atoms. The summed E-state index contributed by atoms with van der Waals surface area (Å²) in [4.78, 5) is 2.43. The van der Waals surface area contributed by atoms with Crippen molar-refractivity contribution in [3.05, 3.63) is 65.2 Å². The van der Waals surface area contributed by atoms with Gasteiger partial charge in [-0.25, -0.2) is 0 Å². The Bertz CT molecular complexity index is 537. The maximum Gasteiger partial charge on any atom is 0.0431 e. The third kappa shape index (κ3) is 5.04. The van der Waals surface area contributed by atoms with Gasteiger partial charge in [0, 0.05) is 36.9 Å². The van der Waals surface area contributed by atoms with Crippen LogP contribution < -0.4 is 10.2 Å². The van der Waals surface area contributed by atoms with Gasteiger partial charge in [0.15, 0.2) is 0 Å². The number of allylic oxidation sites excluding steroid dienone is 5. The largest absolute Gasteiger partial charge is 0.369 e. The van der Waals surface area contributed by atoms with Gasteiger partial charge in [-0.05, 0) is 49.1 Å². The van der Waals surface area contributed by atoms with Crippen molar-refractivity contribution in [1.82, 2.24) is 5.32 Å². The van der Waals surface area contributed by atoms with E-state index in [1.165, 1.54) is 11.3 Å². The molecule has 0 bridgehead atoms. The molecule has 1 aromatic rings. The predicted octanol–water partition coefficient (Wildman–Crippen LogP) is 4.28. The summed E-state index contributed by atoms with van der Waals surface area (Å²) in [6.45, 7) is 10.0. The number of anilines is 1. The van der Waals surface area contributed by atoms with Crippen LogP contribution >= 0.6 is 11.6 Å². The van der Waals surface area contributed by atoms with Crippen LogP contribution in [0.15, 0.2) is 59.7 Å². The van der Waals surface area contributed by atoms with Gasteiger partial charge in [-0.15, -0.1) is 0 Å². The first-order valence-electron chi connectivity index (χ1n) is 7.90. The van der Waals surface area contributed by atoms with Crippen LogP contribution in [0.4, 0.5) is 5.69 Å². The number of nitrogens with zero attached hydrogens (tertiary/aromatic N) is 1. The van der Waals surface area contributed by atoms with Crippen LogP contribution in [0.25, 0.3) is 0 Å². The number of nitrogens with one attached hydrogen (secondary N) is 1. The van der Waals surface area contributed by atoms with Crippen molar-refractivity contribution in [2.24, 2.45) is 0 Å². The van der Waals surface area contributed by atoms with E-state index in [9.17, 15) is 0 Å². The van der Waals surface area contributed by atoms with Gasteiger partial charge in [0.05, 0.1) is 0 Å². The molecule has 3 heteroatoms. The Kier molecular flexibility index (Phi) is 6.75. The van der Waals surface area contributed by atoms with Gasteiger partial charge in [0.2, 0.25) is 0 Å². The third-order valence-electron chi connectivity index (χ3n) is 3.97. The summed E-state index contributed by atoms with van der Waals surface area (Å²) in [5.41, 5.74) is 3.70. The molecule has 1 saturated heterocycles. The van der Waals surface area contributed by atoms with Crippen molar-refractivity contribution < 1.29 is 0 Å². The highest BCUT2D eigenvalue weighted by molar-refractivity contribution is 6.31. The molecule has 2 nitrogen and oxygen atoms in total. The number of piperazine rings is 1. The fourth-order valence-corrected chi connectivity index (χ4v) is 2.63. The lowest BCUT2D eigenvalue weighted by Crippen LogP contribution is -2.43. The van der Waals surface area contributed by atoms with E-state index in [-0.39, 0.29) is 0 Å². The highest BCUT2D eigenvalue weighted by Crippen LogP contribution is 2.17. The third-order valence-corrected chi connectivity index (χ3v) is 4.39. The van der Waals surface area contributed by atoms with Crippen LogP contribution in [0, 0.1) is 0 Å². The summed E-state index contributed by atoms with van der Waals surface area (Å²) in [7, 11) is 0. The Morgan fingerprint density at radius 2 is 1.95 bits per heavy atom. The minimum atomic E-state index is 0.768. The smallest absolute Gasteiger partial charge is 0.0431 e. The molecule has 1 aliphatic heterocycles. The van der Waals surface area contributed by atoms with Crippen molar-refractivity contribution >= 4 is 17.3 Å². The molecule has 1 heterocycles. The lowest BCUT2D eigenvalue weighted by molar-refractivity contribution is 0.589. The first-order valence-corrected chi connectivity index (χ1v) is 8.28. The van der Waals surface area contributed by atoms with Crippen molar-refractivity contribution in [2.75, 3.05) is 31.1 Å². The quantitative estimate of drug-likeness (QED) is 0.788. The number of rotatable bonds is 6. The van der Waals surface area contributed by atoms with E-state index in [0.29, 0.717) is 0 Å². The highest BCUT2D eigenvalue weighted by Gasteiger charge is 2.09. The Morgan fingerprint density at radius 3 is 2.59 bits per heavy atom. The Labute approximate surface area is 139 Å². The predicted molar refractivity (Wildman–Crippen MR) is 97.7 cm³/mol. The average molecular weight is 317 g/mol. The second-order valence-electron chi connectivity index (χ2n) is 5.58. The van der Waals surface area contributed by atoms with E-state index >= 15 is 0 Å². The summed E-state index contributed by atoms with van der Waals surface area (Å²) >= 11 is 6.13. The molecule has 2 rings (SSSR count). The summed E-state index contributed by atoms with van der Waals surface area (Å²) in [6.07, 6.45) is 7.90. The topological polar surface area (TPSA) is 15.3 Å². The van der Waals surface area contributed by atoms with Gasteiger partial charge in [0.1, 0.15) is 0 Å². The number of hydrogen-bond acceptors (Lipinski definition) is 2. The molecule has 0 amide bonds. The minimum Gasteiger partial charge on any atom is -0.369 e. The van der Waals surface area contributed by atoms with E-state index in [0.717, 1.165) is 49.6 Å². The van der Waals surface area contributed by atoms with Crippen LogP contribution in [-0.2, 0) is 6.42 Å². The summed E-state index contributed by atoms with van der Waals surface area (Å²) < 4.78 is 0. The maximum absolute atomic E-state index is 6.13. The number of halogens is 1. The van der Waals surface area contributed by atoms with Crippen LogP contribution in [0.3, 0.4) is 0 Å². The van der Waals surface area contributed by atoms with Gasteiger partial charge in [-0.3, -0.25) is 0 Å². The van der Waals surface area contributed by atoms with Gasteiger partial charge in [0.25, 0.3) is 0 Å². The molecule has 1 N–H and O–H groups in total. The Balaban J connectivity index is 1.84. The van der Waals surface area contributed by atoms with Gasteiger partial charge < -0.3 is 10.2 Å². The second-order valence-corrected chi connectivity index (χ2v) is 5.99. The standard InChI is InChI=1S/C19H25ClN2/c1-3-16(2)19(20)7-5-4-6-17-8-10-18(11-9-17)22-14-12-21-13-15-22/h3,5,7-11,21H,1,4,6,12-15H2,2H3/b7-5-,19-16+. The molecule has 0 atom stereocenters. The fraction of sp³-hybridized carbons (Fsp3) is 0.368. The van der Waals surface area contributed by atoms with Crippen LogP contribution in [0.2, 0.25) is 0 Å². The first kappa shape index (κ1) is 16.9. The number of benzene rings is 1. The molecule has 1 aromatic carbocycles. The zero-order valence-electron chi connectivity index (χ0n) is 13.3.